The number of aliphatic hydroxyl groups is 1. The highest BCUT2D eigenvalue weighted by Gasteiger charge is 2.39. The smallest absolute Gasteiger partial charge is 0.391 e. The molecule has 1 aromatic heterocycles. The van der Waals surface area contributed by atoms with Gasteiger partial charge in [0.05, 0.1) is 24.3 Å². The molecule has 0 spiro atoms. The van der Waals surface area contributed by atoms with E-state index in [2.05, 4.69) is 15.5 Å². The van der Waals surface area contributed by atoms with Crippen molar-refractivity contribution in [3.05, 3.63) is 76.1 Å². The molecule has 2 atom stereocenters. The topological polar surface area (TPSA) is 83.3 Å². The van der Waals surface area contributed by atoms with Gasteiger partial charge in [-0.05, 0) is 42.8 Å². The number of hydrogen-bond donors (Lipinski definition) is 2. The molecule has 0 radical (unpaired) electrons. The predicted octanol–water partition coefficient (Wildman–Crippen LogP) is 4.79. The van der Waals surface area contributed by atoms with E-state index < -0.39 is 35.7 Å². The van der Waals surface area contributed by atoms with Crippen molar-refractivity contribution in [1.82, 2.24) is 19.7 Å². The summed E-state index contributed by atoms with van der Waals surface area (Å²) in [6.07, 6.45) is -5.60. The monoisotopic (exact) mass is 497 g/mol. The zero-order valence-corrected chi connectivity index (χ0v) is 18.6. The van der Waals surface area contributed by atoms with Crippen LogP contribution in [0.1, 0.15) is 35.2 Å². The average molecular weight is 498 g/mol. The third-order valence-corrected chi connectivity index (χ3v) is 5.83. The molecule has 2 amide bonds. The number of carbonyl (C=O) groups is 1. The molecule has 2 aromatic carbocycles. The van der Waals surface area contributed by atoms with E-state index in [0.29, 0.717) is 35.3 Å². The van der Waals surface area contributed by atoms with Crippen LogP contribution in [0.25, 0.3) is 0 Å². The van der Waals surface area contributed by atoms with Crippen LogP contribution in [0.5, 0.6) is 0 Å². The number of halogens is 5. The molecule has 0 unspecified atom stereocenters. The van der Waals surface area contributed by atoms with Crippen LogP contribution in [0.15, 0.2) is 42.5 Å². The second-order valence-corrected chi connectivity index (χ2v) is 8.43. The van der Waals surface area contributed by atoms with E-state index in [0.717, 1.165) is 11.6 Å². The lowest BCUT2D eigenvalue weighted by atomic mass is 10.1. The Balaban J connectivity index is 1.58. The van der Waals surface area contributed by atoms with Gasteiger partial charge < -0.3 is 19.9 Å². The molecule has 2 N–H and O–H groups in total. The van der Waals surface area contributed by atoms with Gasteiger partial charge in [0.2, 0.25) is 0 Å². The third-order valence-electron chi connectivity index (χ3n) is 5.58. The summed E-state index contributed by atoms with van der Waals surface area (Å²) < 4.78 is 54.5. The maximum Gasteiger partial charge on any atom is 0.419 e. The van der Waals surface area contributed by atoms with Crippen molar-refractivity contribution < 1.29 is 27.5 Å². The van der Waals surface area contributed by atoms with E-state index in [1.54, 1.807) is 23.6 Å². The molecule has 34 heavy (non-hydrogen) atoms. The molecule has 1 aliphatic rings. The van der Waals surface area contributed by atoms with Crippen LogP contribution in [0, 0.1) is 12.7 Å². The van der Waals surface area contributed by atoms with Gasteiger partial charge in [-0.2, -0.15) is 13.2 Å². The molecular weight excluding hydrogens is 478 g/mol. The van der Waals surface area contributed by atoms with Crippen molar-refractivity contribution in [2.24, 2.45) is 0 Å². The summed E-state index contributed by atoms with van der Waals surface area (Å²) >= 11 is 5.95. The zero-order valence-electron chi connectivity index (χ0n) is 17.9. The number of β-amino-alcohol motifs (C(OH)–C–C–N with tert-alkyl or cyclic N) is 1. The lowest BCUT2D eigenvalue weighted by Crippen LogP contribution is -2.36. The van der Waals surface area contributed by atoms with E-state index in [-0.39, 0.29) is 18.7 Å². The predicted molar refractivity (Wildman–Crippen MR) is 116 cm³/mol. The molecule has 180 valence electrons. The standard InChI is InChI=1S/C22H20ClF4N5O2/c1-12-29-30-20(31(12)10-13-2-4-14(23)5-3-13)19-9-16(33)11-32(19)21(34)28-15-6-7-18(24)17(8-15)22(25,26)27/h2-8,16,19,33H,9-11H2,1H3,(H,28,34)/t16-,19-/m1/s1. The number of anilines is 1. The Hall–Kier alpha value is -3.18. The largest absolute Gasteiger partial charge is 0.419 e. The van der Waals surface area contributed by atoms with Crippen molar-refractivity contribution in [1.29, 1.82) is 0 Å². The van der Waals surface area contributed by atoms with Crippen molar-refractivity contribution in [3.8, 4) is 0 Å². The van der Waals surface area contributed by atoms with Crippen LogP contribution >= 0.6 is 11.6 Å². The van der Waals surface area contributed by atoms with Crippen LogP contribution in [-0.4, -0.2) is 43.5 Å². The maximum atomic E-state index is 13.6. The number of aliphatic hydroxyl groups excluding tert-OH is 1. The lowest BCUT2D eigenvalue weighted by Gasteiger charge is -2.25. The number of likely N-dealkylation sites (tertiary alicyclic amines) is 1. The van der Waals surface area contributed by atoms with Crippen LogP contribution in [-0.2, 0) is 12.7 Å². The quantitative estimate of drug-likeness (QED) is 0.508. The minimum Gasteiger partial charge on any atom is -0.391 e. The first-order valence-corrected chi connectivity index (χ1v) is 10.7. The molecule has 1 aliphatic heterocycles. The Morgan fingerprint density at radius 1 is 1.21 bits per heavy atom. The molecule has 0 saturated carbocycles. The fourth-order valence-electron chi connectivity index (χ4n) is 3.91. The van der Waals surface area contributed by atoms with E-state index in [9.17, 15) is 27.5 Å². The van der Waals surface area contributed by atoms with Crippen molar-refractivity contribution >= 4 is 23.3 Å². The first kappa shape index (κ1) is 24.0. The molecule has 2 heterocycles. The summed E-state index contributed by atoms with van der Waals surface area (Å²) in [6.45, 7) is 2.08. The number of carbonyl (C=O) groups excluding carboxylic acids is 1. The number of rotatable bonds is 4. The Morgan fingerprint density at radius 3 is 2.59 bits per heavy atom. The van der Waals surface area contributed by atoms with Crippen LogP contribution in [0.3, 0.4) is 0 Å². The van der Waals surface area contributed by atoms with Gasteiger partial charge in [0.25, 0.3) is 0 Å². The Kier molecular flexibility index (Phi) is 6.50. The Bertz CT molecular complexity index is 1200. The minimum absolute atomic E-state index is 0.0589. The van der Waals surface area contributed by atoms with Crippen molar-refractivity contribution in [3.63, 3.8) is 0 Å². The molecule has 0 aliphatic carbocycles. The fraction of sp³-hybridized carbons (Fsp3) is 0.318. The van der Waals surface area contributed by atoms with Crippen molar-refractivity contribution in [2.75, 3.05) is 11.9 Å². The van der Waals surface area contributed by atoms with Gasteiger partial charge in [-0.1, -0.05) is 23.7 Å². The highest BCUT2D eigenvalue weighted by molar-refractivity contribution is 6.30. The second kappa shape index (κ2) is 9.22. The molecule has 1 fully saturated rings. The number of hydrogen-bond acceptors (Lipinski definition) is 4. The molecule has 1 saturated heterocycles. The summed E-state index contributed by atoms with van der Waals surface area (Å²) in [4.78, 5) is 14.2. The van der Waals surface area contributed by atoms with E-state index in [4.69, 9.17) is 11.6 Å². The highest BCUT2D eigenvalue weighted by atomic mass is 35.5. The molecule has 0 bridgehead atoms. The van der Waals surface area contributed by atoms with E-state index >= 15 is 0 Å². The number of benzene rings is 2. The number of nitrogens with zero attached hydrogens (tertiary/aromatic N) is 4. The third kappa shape index (κ3) is 5.00. The van der Waals surface area contributed by atoms with E-state index in [1.807, 2.05) is 12.1 Å². The van der Waals surface area contributed by atoms with Crippen LogP contribution in [0.2, 0.25) is 5.02 Å². The Labute approximate surface area is 197 Å². The fourth-order valence-corrected chi connectivity index (χ4v) is 4.04. The number of aromatic nitrogens is 3. The number of amides is 2. The molecule has 7 nitrogen and oxygen atoms in total. The van der Waals surface area contributed by atoms with Gasteiger partial charge in [0.15, 0.2) is 5.82 Å². The minimum atomic E-state index is -4.91. The summed E-state index contributed by atoms with van der Waals surface area (Å²) in [6, 6.07) is 7.95. The molecule has 12 heteroatoms. The summed E-state index contributed by atoms with van der Waals surface area (Å²) in [5.41, 5.74) is -0.798. The van der Waals surface area contributed by atoms with Crippen LogP contribution in [0.4, 0.5) is 28.0 Å². The van der Waals surface area contributed by atoms with Crippen molar-refractivity contribution in [2.45, 2.75) is 38.2 Å². The van der Waals surface area contributed by atoms with Gasteiger partial charge in [0.1, 0.15) is 11.6 Å². The van der Waals surface area contributed by atoms with E-state index in [1.165, 1.54) is 4.90 Å². The normalized spacial score (nSPS) is 18.4. The first-order chi connectivity index (χ1) is 16.0. The highest BCUT2D eigenvalue weighted by Crippen LogP contribution is 2.35. The summed E-state index contributed by atoms with van der Waals surface area (Å²) in [7, 11) is 0. The second-order valence-electron chi connectivity index (χ2n) is 8.00. The summed E-state index contributed by atoms with van der Waals surface area (Å²) in [5.74, 6) is -0.431. The maximum absolute atomic E-state index is 13.6. The number of nitrogens with one attached hydrogen (secondary N) is 1. The molecule has 3 aromatic rings. The van der Waals surface area contributed by atoms with Crippen LogP contribution < -0.4 is 5.32 Å². The number of aryl methyl sites for hydroxylation is 1. The average Bonchev–Trinajstić information content (AvgIpc) is 3.32. The van der Waals surface area contributed by atoms with Gasteiger partial charge in [-0.25, -0.2) is 9.18 Å². The number of alkyl halides is 3. The lowest BCUT2D eigenvalue weighted by molar-refractivity contribution is -0.139. The number of urea groups is 1. The zero-order chi connectivity index (χ0) is 24.6. The molecular formula is C22H20ClF4N5O2. The van der Waals surface area contributed by atoms with Gasteiger partial charge in [0, 0.05) is 23.7 Å². The van der Waals surface area contributed by atoms with Gasteiger partial charge in [-0.15, -0.1) is 10.2 Å². The summed E-state index contributed by atoms with van der Waals surface area (Å²) in [5, 5.41) is 21.5. The Morgan fingerprint density at radius 2 is 1.91 bits per heavy atom. The van der Waals surface area contributed by atoms with Gasteiger partial charge in [-0.3, -0.25) is 0 Å². The van der Waals surface area contributed by atoms with Gasteiger partial charge >= 0.3 is 12.2 Å². The first-order valence-electron chi connectivity index (χ1n) is 10.3. The SMILES string of the molecule is Cc1nnc([C@H]2C[C@@H](O)CN2C(=O)Nc2ccc(F)c(C(F)(F)F)c2)n1Cc1ccc(Cl)cc1. The molecule has 4 rings (SSSR count).